The predicted molar refractivity (Wildman–Crippen MR) is 139 cm³/mol. The van der Waals surface area contributed by atoms with Crippen LogP contribution in [0.5, 0.6) is 17.2 Å². The highest BCUT2D eigenvalue weighted by molar-refractivity contribution is 5.96. The first-order chi connectivity index (χ1) is 19.6. The van der Waals surface area contributed by atoms with E-state index in [4.69, 9.17) is 25.4 Å². The fourth-order valence-electron chi connectivity index (χ4n) is 3.76. The first kappa shape index (κ1) is 28.6. The van der Waals surface area contributed by atoms with Crippen molar-refractivity contribution in [3.8, 4) is 23.2 Å². The number of aromatic nitrogens is 5. The Hall–Kier alpha value is -5.38. The van der Waals surface area contributed by atoms with E-state index in [1.54, 1.807) is 0 Å². The Morgan fingerprint density at radius 1 is 1.24 bits per heavy atom. The van der Waals surface area contributed by atoms with Crippen LogP contribution in [0.25, 0.3) is 5.95 Å². The molecule has 2 aromatic carbocycles. The summed E-state index contributed by atoms with van der Waals surface area (Å²) >= 11 is 0. The van der Waals surface area contributed by atoms with E-state index in [0.29, 0.717) is 0 Å². The number of nitrogen functional groups attached to an aromatic ring is 1. The number of benzene rings is 2. The first-order valence-electron chi connectivity index (χ1n) is 11.8. The molecule has 0 fully saturated rings. The van der Waals surface area contributed by atoms with E-state index >= 15 is 8.78 Å². The molecule has 214 valence electrons. The van der Waals surface area contributed by atoms with Crippen LogP contribution in [0.1, 0.15) is 29.9 Å². The summed E-state index contributed by atoms with van der Waals surface area (Å²) in [5.74, 6) is -4.67. The van der Waals surface area contributed by atoms with Gasteiger partial charge in [0.25, 0.3) is 5.95 Å². The Balaban J connectivity index is 1.94. The summed E-state index contributed by atoms with van der Waals surface area (Å²) < 4.78 is 47.7. The minimum atomic E-state index is -1.41. The van der Waals surface area contributed by atoms with Crippen LogP contribution in [0.15, 0.2) is 47.5 Å². The third kappa shape index (κ3) is 6.11. The van der Waals surface area contributed by atoms with Crippen LogP contribution in [0.2, 0.25) is 0 Å². The van der Waals surface area contributed by atoms with Gasteiger partial charge in [0.1, 0.15) is 24.2 Å². The maximum atomic E-state index is 15.9. The summed E-state index contributed by atoms with van der Waals surface area (Å²) in [4.78, 5) is 35.1. The average Bonchev–Trinajstić information content (AvgIpc) is 3.34. The topological polar surface area (TPSA) is 203 Å². The van der Waals surface area contributed by atoms with Crippen molar-refractivity contribution >= 4 is 17.5 Å². The van der Waals surface area contributed by atoms with E-state index in [-0.39, 0.29) is 46.7 Å². The van der Waals surface area contributed by atoms with Crippen LogP contribution >= 0.6 is 0 Å². The zero-order valence-electron chi connectivity index (χ0n) is 21.6. The van der Waals surface area contributed by atoms with Gasteiger partial charge >= 0.3 is 11.7 Å². The molecule has 0 saturated carbocycles. The number of aliphatic hydroxyl groups is 1. The van der Waals surface area contributed by atoms with Gasteiger partial charge < -0.3 is 30.4 Å². The lowest BCUT2D eigenvalue weighted by Crippen LogP contribution is -2.20. The largest absolute Gasteiger partial charge is 0.497 e. The fourth-order valence-corrected chi connectivity index (χ4v) is 3.76. The number of carbonyl (C=O) groups excluding carboxylic acids is 1. The Morgan fingerprint density at radius 3 is 2.61 bits per heavy atom. The van der Waals surface area contributed by atoms with Gasteiger partial charge in [-0.05, 0) is 24.3 Å². The highest BCUT2D eigenvalue weighted by atomic mass is 19.1. The van der Waals surface area contributed by atoms with Crippen molar-refractivity contribution in [3.63, 3.8) is 0 Å². The number of nitrogens with zero attached hydrogens (tertiary/aromatic N) is 4. The first-order valence-corrected chi connectivity index (χ1v) is 11.8. The van der Waals surface area contributed by atoms with Gasteiger partial charge in [0.2, 0.25) is 0 Å². The quantitative estimate of drug-likeness (QED) is 0.0755. The van der Waals surface area contributed by atoms with Crippen LogP contribution < -0.4 is 31.0 Å². The Bertz CT molecular complexity index is 1640. The molecule has 0 amide bonds. The maximum Gasteiger partial charge on any atom is 0.350 e. The molecule has 0 radical (unpaired) electrons. The zero-order valence-corrected chi connectivity index (χ0v) is 21.6. The van der Waals surface area contributed by atoms with E-state index in [2.05, 4.69) is 25.4 Å². The molecule has 4 aromatic rings. The van der Waals surface area contributed by atoms with Gasteiger partial charge in [0.05, 0.1) is 25.0 Å². The van der Waals surface area contributed by atoms with Gasteiger partial charge in [0, 0.05) is 30.9 Å². The standard InChI is InChI=1S/C25H24F2N8O6/c1-12(37)41-21-16(5-4-14(19(21)27)22(28)29)32-20(15-10-13(39-2)11-17(18(15)26)40-9-8-36)23-33-25(38)35(34-23)24-30-6-3-7-31-24/h3-7,10-11,20,32,36H,8-9H2,1-2H3,(H3,28,29)(H,33,34,38). The third-order valence-electron chi connectivity index (χ3n) is 5.52. The number of anilines is 1. The van der Waals surface area contributed by atoms with E-state index in [1.165, 1.54) is 43.8 Å². The fraction of sp³-hybridized carbons (Fsp3) is 0.200. The van der Waals surface area contributed by atoms with Crippen molar-refractivity contribution in [2.24, 2.45) is 5.73 Å². The summed E-state index contributed by atoms with van der Waals surface area (Å²) in [5.41, 5.74) is 3.94. The molecule has 0 saturated heterocycles. The Kier molecular flexibility index (Phi) is 8.52. The van der Waals surface area contributed by atoms with E-state index in [0.717, 1.165) is 17.7 Å². The molecular weight excluding hydrogens is 546 g/mol. The van der Waals surface area contributed by atoms with Gasteiger partial charge in [-0.1, -0.05) is 0 Å². The van der Waals surface area contributed by atoms with Crippen LogP contribution in [0, 0.1) is 17.0 Å². The second-order valence-electron chi connectivity index (χ2n) is 8.27. The number of halogens is 2. The van der Waals surface area contributed by atoms with Gasteiger partial charge in [-0.2, -0.15) is 0 Å². The highest BCUT2D eigenvalue weighted by Gasteiger charge is 2.29. The molecule has 41 heavy (non-hydrogen) atoms. The number of amidine groups is 1. The summed E-state index contributed by atoms with van der Waals surface area (Å²) in [6.45, 7) is 0.384. The molecule has 2 aromatic heterocycles. The monoisotopic (exact) mass is 570 g/mol. The molecule has 14 nitrogen and oxygen atoms in total. The summed E-state index contributed by atoms with van der Waals surface area (Å²) in [6, 6.07) is 5.05. The van der Waals surface area contributed by atoms with Gasteiger partial charge in [0.15, 0.2) is 29.0 Å². The molecule has 16 heteroatoms. The van der Waals surface area contributed by atoms with E-state index in [9.17, 15) is 14.7 Å². The van der Waals surface area contributed by atoms with Crippen molar-refractivity contribution in [2.75, 3.05) is 25.6 Å². The zero-order chi connectivity index (χ0) is 29.7. The number of hydrogen-bond donors (Lipinski definition) is 5. The normalized spacial score (nSPS) is 11.5. The van der Waals surface area contributed by atoms with Crippen LogP contribution in [-0.2, 0) is 4.79 Å². The number of hydrogen-bond acceptors (Lipinski definition) is 11. The van der Waals surface area contributed by atoms with Crippen LogP contribution in [-0.4, -0.2) is 62.0 Å². The predicted octanol–water partition coefficient (Wildman–Crippen LogP) is 1.42. The molecule has 1 atom stereocenters. The molecule has 2 heterocycles. The maximum absolute atomic E-state index is 15.9. The minimum Gasteiger partial charge on any atom is -0.497 e. The Labute approximate surface area is 230 Å². The number of esters is 1. The molecule has 4 rings (SSSR count). The molecule has 6 N–H and O–H groups in total. The second-order valence-corrected chi connectivity index (χ2v) is 8.27. The van der Waals surface area contributed by atoms with Gasteiger partial charge in [-0.25, -0.2) is 23.5 Å². The number of nitrogens with one attached hydrogen (secondary N) is 3. The number of aliphatic hydroxyl groups excluding tert-OH is 1. The van der Waals surface area contributed by atoms with Crippen LogP contribution in [0.4, 0.5) is 14.5 Å². The molecule has 0 spiro atoms. The number of methoxy groups -OCH3 is 1. The van der Waals surface area contributed by atoms with Crippen molar-refractivity contribution in [1.82, 2.24) is 24.7 Å². The number of carbonyl (C=O) groups is 1. The van der Waals surface area contributed by atoms with Crippen LogP contribution in [0.3, 0.4) is 0 Å². The highest BCUT2D eigenvalue weighted by Crippen LogP contribution is 2.38. The lowest BCUT2D eigenvalue weighted by molar-refractivity contribution is -0.132. The number of rotatable bonds is 11. The molecular formula is C25H24F2N8O6. The molecule has 0 bridgehead atoms. The SMILES string of the molecule is COc1cc(OCCO)c(F)c(C(Nc2ccc(C(=N)N)c(F)c2OC(C)=O)c2nn(-c3ncccn3)c(=O)[nH]2)c1. The van der Waals surface area contributed by atoms with Gasteiger partial charge in [-0.15, -0.1) is 9.78 Å². The molecule has 0 aliphatic rings. The lowest BCUT2D eigenvalue weighted by Gasteiger charge is -2.22. The molecule has 0 aliphatic heterocycles. The average molecular weight is 571 g/mol. The van der Waals surface area contributed by atoms with Crippen molar-refractivity contribution in [2.45, 2.75) is 13.0 Å². The van der Waals surface area contributed by atoms with Crippen molar-refractivity contribution in [3.05, 3.63) is 81.8 Å². The molecule has 0 aliphatic carbocycles. The lowest BCUT2D eigenvalue weighted by atomic mass is 10.0. The van der Waals surface area contributed by atoms with E-state index < -0.39 is 47.5 Å². The molecule has 1 unspecified atom stereocenters. The summed E-state index contributed by atoms with van der Waals surface area (Å²) in [6.07, 6.45) is 2.77. The number of ether oxygens (including phenoxy) is 3. The summed E-state index contributed by atoms with van der Waals surface area (Å²) in [5, 5.41) is 23.8. The van der Waals surface area contributed by atoms with E-state index in [1.807, 2.05) is 0 Å². The van der Waals surface area contributed by atoms with Crippen molar-refractivity contribution in [1.29, 1.82) is 5.41 Å². The van der Waals surface area contributed by atoms with Gasteiger partial charge in [-0.3, -0.25) is 15.2 Å². The minimum absolute atomic E-state index is 0.0886. The third-order valence-corrected chi connectivity index (χ3v) is 5.52. The second kappa shape index (κ2) is 12.2. The number of H-pyrrole nitrogens is 1. The number of aromatic amines is 1. The smallest absolute Gasteiger partial charge is 0.350 e. The number of nitrogens with two attached hydrogens (primary N) is 1. The summed E-state index contributed by atoms with van der Waals surface area (Å²) in [7, 11) is 1.33. The Morgan fingerprint density at radius 2 is 1.98 bits per heavy atom. The van der Waals surface area contributed by atoms with Crippen molar-refractivity contribution < 1.29 is 32.9 Å².